The molecular formula is C22H21ClN2O5S. The van der Waals surface area contributed by atoms with Crippen LogP contribution >= 0.6 is 11.6 Å². The number of nitrogens with zero attached hydrogens (tertiary/aromatic N) is 2. The van der Waals surface area contributed by atoms with Gasteiger partial charge in [-0.3, -0.25) is 4.98 Å². The van der Waals surface area contributed by atoms with Gasteiger partial charge in [0.2, 0.25) is 10.0 Å². The zero-order chi connectivity index (χ0) is 22.2. The molecule has 3 aromatic rings. The van der Waals surface area contributed by atoms with Gasteiger partial charge >= 0.3 is 5.97 Å². The van der Waals surface area contributed by atoms with Crippen molar-refractivity contribution in [3.05, 3.63) is 65.3 Å². The van der Waals surface area contributed by atoms with Crippen molar-refractivity contribution in [2.75, 3.05) is 13.1 Å². The Kier molecular flexibility index (Phi) is 5.98. The van der Waals surface area contributed by atoms with Crippen LogP contribution < -0.4 is 4.74 Å². The zero-order valence-electron chi connectivity index (χ0n) is 17.0. The van der Waals surface area contributed by atoms with Crippen molar-refractivity contribution in [2.45, 2.75) is 31.0 Å². The van der Waals surface area contributed by atoms with Crippen molar-refractivity contribution < 1.29 is 22.7 Å². The van der Waals surface area contributed by atoms with Crippen LogP contribution in [0.2, 0.25) is 5.02 Å². The number of fused-ring (bicyclic) bond motifs is 1. The first kappa shape index (κ1) is 21.7. The monoisotopic (exact) mass is 460 g/mol. The first-order chi connectivity index (χ1) is 14.8. The molecule has 1 aliphatic heterocycles. The number of ether oxygens (including phenoxy) is 2. The lowest BCUT2D eigenvalue weighted by Gasteiger charge is -2.34. The standard InChI is InChI=1S/C22H21ClN2O5S/c1-14-12-25(13-15(2)29-14)31(27,28)17-7-5-16(6-8-17)22(26)30-20-10-9-19(23)18-4-3-11-24-21(18)20/h3-11,14-15H,12-13H2,1-2H3/t14-,15+. The summed E-state index contributed by atoms with van der Waals surface area (Å²) in [4.78, 5) is 17.0. The number of morpholine rings is 1. The summed E-state index contributed by atoms with van der Waals surface area (Å²) in [6.45, 7) is 4.25. The van der Waals surface area contributed by atoms with Gasteiger partial charge in [-0.15, -0.1) is 0 Å². The van der Waals surface area contributed by atoms with Crippen molar-refractivity contribution in [2.24, 2.45) is 0 Å². The first-order valence-corrected chi connectivity index (χ1v) is 11.6. The van der Waals surface area contributed by atoms with Crippen molar-refractivity contribution in [3.8, 4) is 5.75 Å². The molecule has 2 heterocycles. The molecule has 0 N–H and O–H groups in total. The molecule has 0 unspecified atom stereocenters. The highest BCUT2D eigenvalue weighted by Crippen LogP contribution is 2.30. The Morgan fingerprint density at radius 3 is 2.45 bits per heavy atom. The highest BCUT2D eigenvalue weighted by Gasteiger charge is 2.32. The lowest BCUT2D eigenvalue weighted by Crippen LogP contribution is -2.48. The number of aromatic nitrogens is 1. The van der Waals surface area contributed by atoms with Crippen LogP contribution in [0.4, 0.5) is 0 Å². The van der Waals surface area contributed by atoms with E-state index in [-0.39, 0.29) is 41.5 Å². The molecule has 4 rings (SSSR count). The molecule has 162 valence electrons. The quantitative estimate of drug-likeness (QED) is 0.433. The van der Waals surface area contributed by atoms with Crippen LogP contribution in [0.3, 0.4) is 0 Å². The van der Waals surface area contributed by atoms with Gasteiger partial charge in [0.1, 0.15) is 5.52 Å². The average molecular weight is 461 g/mol. The van der Waals surface area contributed by atoms with E-state index in [9.17, 15) is 13.2 Å². The predicted octanol–water partition coefficient (Wildman–Crippen LogP) is 3.91. The smallest absolute Gasteiger partial charge is 0.343 e. The fourth-order valence-electron chi connectivity index (χ4n) is 3.59. The van der Waals surface area contributed by atoms with Gasteiger partial charge in [0, 0.05) is 24.7 Å². The van der Waals surface area contributed by atoms with Crippen LogP contribution in [0, 0.1) is 0 Å². The second kappa shape index (κ2) is 8.55. The molecule has 0 aliphatic carbocycles. The Balaban J connectivity index is 1.55. The number of hydrogen-bond acceptors (Lipinski definition) is 6. The molecule has 2 aromatic carbocycles. The fraction of sp³-hybridized carbons (Fsp3) is 0.273. The van der Waals surface area contributed by atoms with Gasteiger partial charge in [0.05, 0.1) is 27.7 Å². The molecule has 1 aliphatic rings. The van der Waals surface area contributed by atoms with Gasteiger partial charge in [-0.05, 0) is 62.4 Å². The van der Waals surface area contributed by atoms with E-state index in [1.807, 2.05) is 13.8 Å². The highest BCUT2D eigenvalue weighted by atomic mass is 35.5. The molecule has 0 radical (unpaired) electrons. The van der Waals surface area contributed by atoms with Gasteiger partial charge in [0.25, 0.3) is 0 Å². The zero-order valence-corrected chi connectivity index (χ0v) is 18.6. The van der Waals surface area contributed by atoms with Gasteiger partial charge in [-0.1, -0.05) is 11.6 Å². The number of carbonyl (C=O) groups is 1. The third kappa shape index (κ3) is 4.43. The minimum absolute atomic E-state index is 0.115. The fourth-order valence-corrected chi connectivity index (χ4v) is 5.40. The average Bonchev–Trinajstić information content (AvgIpc) is 2.75. The molecule has 0 spiro atoms. The van der Waals surface area contributed by atoms with E-state index in [4.69, 9.17) is 21.1 Å². The largest absolute Gasteiger partial charge is 0.421 e. The molecule has 31 heavy (non-hydrogen) atoms. The number of rotatable bonds is 4. The number of pyridine rings is 1. The van der Waals surface area contributed by atoms with E-state index >= 15 is 0 Å². The lowest BCUT2D eigenvalue weighted by molar-refractivity contribution is -0.0440. The summed E-state index contributed by atoms with van der Waals surface area (Å²) < 4.78 is 38.4. The lowest BCUT2D eigenvalue weighted by atomic mass is 10.2. The van der Waals surface area contributed by atoms with Gasteiger partial charge in [0.15, 0.2) is 5.75 Å². The summed E-state index contributed by atoms with van der Waals surface area (Å²) in [6, 6.07) is 12.4. The third-order valence-corrected chi connectivity index (χ3v) is 7.17. The Bertz CT molecular complexity index is 1220. The maximum absolute atomic E-state index is 13.0. The molecular weight excluding hydrogens is 440 g/mol. The molecule has 0 amide bonds. The van der Waals surface area contributed by atoms with Gasteiger partial charge in [-0.2, -0.15) is 4.31 Å². The summed E-state index contributed by atoms with van der Waals surface area (Å²) in [6.07, 6.45) is 1.22. The van der Waals surface area contributed by atoms with Crippen LogP contribution in [0.15, 0.2) is 59.6 Å². The van der Waals surface area contributed by atoms with E-state index in [0.29, 0.717) is 15.9 Å². The number of carbonyl (C=O) groups excluding carboxylic acids is 1. The number of esters is 1. The van der Waals surface area contributed by atoms with Crippen LogP contribution in [0.5, 0.6) is 5.75 Å². The van der Waals surface area contributed by atoms with Gasteiger partial charge < -0.3 is 9.47 Å². The Morgan fingerprint density at radius 1 is 1.10 bits per heavy atom. The Labute approximate surface area is 185 Å². The number of benzene rings is 2. The third-order valence-electron chi connectivity index (χ3n) is 5.00. The van der Waals surface area contributed by atoms with Crippen LogP contribution in [0.1, 0.15) is 24.2 Å². The van der Waals surface area contributed by atoms with Crippen molar-refractivity contribution >= 4 is 38.5 Å². The van der Waals surface area contributed by atoms with E-state index < -0.39 is 16.0 Å². The normalized spacial score (nSPS) is 20.0. The summed E-state index contributed by atoms with van der Waals surface area (Å²) in [5.41, 5.74) is 0.694. The number of sulfonamides is 1. The van der Waals surface area contributed by atoms with E-state index in [2.05, 4.69) is 4.98 Å². The van der Waals surface area contributed by atoms with E-state index in [1.54, 1.807) is 30.5 Å². The van der Waals surface area contributed by atoms with E-state index in [1.165, 1.54) is 28.6 Å². The SMILES string of the molecule is C[C@@H]1CN(S(=O)(=O)c2ccc(C(=O)Oc3ccc(Cl)c4cccnc34)cc2)C[C@H](C)O1. The van der Waals surface area contributed by atoms with E-state index in [0.717, 1.165) is 0 Å². The minimum atomic E-state index is -3.69. The molecule has 1 saturated heterocycles. The second-order valence-corrected chi connectivity index (χ2v) is 9.78. The summed E-state index contributed by atoms with van der Waals surface area (Å²) in [5.74, 6) is -0.343. The van der Waals surface area contributed by atoms with Crippen molar-refractivity contribution in [3.63, 3.8) is 0 Å². The minimum Gasteiger partial charge on any atom is -0.421 e. The predicted molar refractivity (Wildman–Crippen MR) is 117 cm³/mol. The summed E-state index contributed by atoms with van der Waals surface area (Å²) >= 11 is 6.18. The topological polar surface area (TPSA) is 85.8 Å². The highest BCUT2D eigenvalue weighted by molar-refractivity contribution is 7.89. The Hall–Kier alpha value is -2.52. The molecule has 2 atom stereocenters. The molecule has 1 aromatic heterocycles. The number of halogens is 1. The Morgan fingerprint density at radius 2 is 1.77 bits per heavy atom. The molecule has 7 nitrogen and oxygen atoms in total. The van der Waals surface area contributed by atoms with Gasteiger partial charge in [-0.25, -0.2) is 13.2 Å². The van der Waals surface area contributed by atoms with Crippen LogP contribution in [0.25, 0.3) is 10.9 Å². The number of hydrogen-bond donors (Lipinski definition) is 0. The van der Waals surface area contributed by atoms with Crippen LogP contribution in [-0.2, 0) is 14.8 Å². The van der Waals surface area contributed by atoms with Crippen molar-refractivity contribution in [1.29, 1.82) is 0 Å². The summed E-state index contributed by atoms with van der Waals surface area (Å²) in [7, 11) is -3.69. The maximum atomic E-state index is 13.0. The molecule has 0 bridgehead atoms. The maximum Gasteiger partial charge on any atom is 0.343 e. The molecule has 9 heteroatoms. The first-order valence-electron chi connectivity index (χ1n) is 9.77. The van der Waals surface area contributed by atoms with Crippen molar-refractivity contribution in [1.82, 2.24) is 9.29 Å². The van der Waals surface area contributed by atoms with Crippen LogP contribution in [-0.4, -0.2) is 49.0 Å². The molecule has 0 saturated carbocycles. The second-order valence-electron chi connectivity index (χ2n) is 7.44. The summed E-state index contributed by atoms with van der Waals surface area (Å²) in [5, 5.41) is 1.18. The molecule has 1 fully saturated rings.